The molecule has 2 fully saturated rings. The van der Waals surface area contributed by atoms with Crippen molar-refractivity contribution in [3.63, 3.8) is 0 Å². The zero-order chi connectivity index (χ0) is 23.6. The van der Waals surface area contributed by atoms with E-state index < -0.39 is 0 Å². The van der Waals surface area contributed by atoms with E-state index >= 15 is 0 Å². The largest absolute Gasteiger partial charge is 0.336 e. The summed E-state index contributed by atoms with van der Waals surface area (Å²) in [6.45, 7) is 3.74. The average Bonchev–Trinajstić information content (AvgIpc) is 3.39. The maximum Gasteiger partial charge on any atom is 0.254 e. The molecule has 2 atom stereocenters. The molecule has 4 aromatic rings. The summed E-state index contributed by atoms with van der Waals surface area (Å²) in [6.07, 6.45) is 2.36. The van der Waals surface area contributed by atoms with Crippen LogP contribution in [-0.4, -0.2) is 47.9 Å². The van der Waals surface area contributed by atoms with Crippen LogP contribution in [0.5, 0.6) is 0 Å². The van der Waals surface area contributed by atoms with Crippen molar-refractivity contribution in [3.8, 4) is 0 Å². The maximum atomic E-state index is 13.8. The van der Waals surface area contributed by atoms with E-state index in [1.807, 2.05) is 24.3 Å². The molecule has 2 saturated heterocycles. The van der Waals surface area contributed by atoms with E-state index in [4.69, 9.17) is 0 Å². The van der Waals surface area contributed by atoms with Crippen molar-refractivity contribution < 1.29 is 4.79 Å². The molecule has 0 saturated carbocycles. The predicted molar refractivity (Wildman–Crippen MR) is 143 cm³/mol. The summed E-state index contributed by atoms with van der Waals surface area (Å²) in [5.41, 5.74) is 3.63. The summed E-state index contributed by atoms with van der Waals surface area (Å²) in [5.74, 6) is 1.13. The Kier molecular flexibility index (Phi) is 6.10. The minimum Gasteiger partial charge on any atom is -0.336 e. The number of hydrogen-bond donors (Lipinski definition) is 0. The number of nitrogens with zero attached hydrogens (tertiary/aromatic N) is 2. The van der Waals surface area contributed by atoms with Gasteiger partial charge in [0.05, 0.1) is 0 Å². The summed E-state index contributed by atoms with van der Waals surface area (Å²) < 4.78 is 0. The Hall–Kier alpha value is -3.43. The van der Waals surface area contributed by atoms with Crippen LogP contribution in [0.2, 0.25) is 0 Å². The number of carbonyl (C=O) groups is 1. The average molecular weight is 461 g/mol. The van der Waals surface area contributed by atoms with Gasteiger partial charge in [-0.15, -0.1) is 0 Å². The van der Waals surface area contributed by atoms with Crippen LogP contribution in [0.1, 0.15) is 46.2 Å². The fourth-order valence-corrected chi connectivity index (χ4v) is 6.22. The number of benzene rings is 4. The van der Waals surface area contributed by atoms with Gasteiger partial charge in [0.1, 0.15) is 0 Å². The third-order valence-corrected chi connectivity index (χ3v) is 8.09. The maximum absolute atomic E-state index is 13.8. The van der Waals surface area contributed by atoms with Crippen molar-refractivity contribution in [1.82, 2.24) is 9.80 Å². The summed E-state index contributed by atoms with van der Waals surface area (Å²) in [6, 6.07) is 36.4. The number of carbonyl (C=O) groups excluding carboxylic acids is 1. The first-order valence-corrected chi connectivity index (χ1v) is 12.9. The highest BCUT2D eigenvalue weighted by molar-refractivity contribution is 6.07. The van der Waals surface area contributed by atoms with Gasteiger partial charge in [0.2, 0.25) is 0 Å². The Morgan fingerprint density at radius 1 is 0.657 bits per heavy atom. The molecule has 4 aromatic carbocycles. The molecule has 0 spiro atoms. The third kappa shape index (κ3) is 4.37. The molecule has 0 radical (unpaired) electrons. The summed E-state index contributed by atoms with van der Waals surface area (Å²) in [4.78, 5) is 18.6. The van der Waals surface area contributed by atoms with Crippen molar-refractivity contribution in [2.45, 2.75) is 30.7 Å². The minimum atomic E-state index is 0.157. The molecule has 6 rings (SSSR count). The molecule has 2 aliphatic rings. The third-order valence-electron chi connectivity index (χ3n) is 8.09. The standard InChI is InChI=1S/C32H32N2O/c35-32(29-17-9-15-26-14-7-8-16-28(26)29)34-22-30(27-12-5-2-6-13-27)31(23-34)33-20-18-25(19-21-33)24-10-3-1-4-11-24/h1-17,25,30-31H,18-23H2/t30-,31+/m1/s1. The van der Waals surface area contributed by atoms with Crippen molar-refractivity contribution >= 4 is 16.7 Å². The van der Waals surface area contributed by atoms with Crippen molar-refractivity contribution in [1.29, 1.82) is 0 Å². The number of piperidine rings is 1. The van der Waals surface area contributed by atoms with Gasteiger partial charge in [-0.1, -0.05) is 97.1 Å². The summed E-state index contributed by atoms with van der Waals surface area (Å²) in [5, 5.41) is 2.17. The van der Waals surface area contributed by atoms with Crippen molar-refractivity contribution in [3.05, 3.63) is 120 Å². The van der Waals surface area contributed by atoms with E-state index in [1.165, 1.54) is 24.0 Å². The molecule has 3 heteroatoms. The molecule has 1 amide bonds. The van der Waals surface area contributed by atoms with Crippen LogP contribution >= 0.6 is 0 Å². The molecule has 0 aliphatic carbocycles. The highest BCUT2D eigenvalue weighted by Crippen LogP contribution is 2.36. The lowest BCUT2D eigenvalue weighted by Crippen LogP contribution is -2.45. The lowest BCUT2D eigenvalue weighted by Gasteiger charge is -2.38. The van der Waals surface area contributed by atoms with E-state index in [1.54, 1.807) is 0 Å². The molecule has 0 bridgehead atoms. The number of rotatable bonds is 4. The zero-order valence-electron chi connectivity index (χ0n) is 20.1. The van der Waals surface area contributed by atoms with Crippen molar-refractivity contribution in [2.75, 3.05) is 26.2 Å². The second kappa shape index (κ2) is 9.67. The van der Waals surface area contributed by atoms with E-state index in [0.717, 1.165) is 42.5 Å². The summed E-state index contributed by atoms with van der Waals surface area (Å²) in [7, 11) is 0. The smallest absolute Gasteiger partial charge is 0.254 e. The first kappa shape index (κ1) is 22.1. The van der Waals surface area contributed by atoms with Gasteiger partial charge >= 0.3 is 0 Å². The van der Waals surface area contributed by atoms with Crippen LogP contribution in [0.25, 0.3) is 10.8 Å². The molecule has 0 aromatic heterocycles. The van der Waals surface area contributed by atoms with Gasteiger partial charge in [-0.05, 0) is 59.8 Å². The van der Waals surface area contributed by atoms with E-state index in [9.17, 15) is 4.79 Å². The van der Waals surface area contributed by atoms with Crippen LogP contribution in [-0.2, 0) is 0 Å². The quantitative estimate of drug-likeness (QED) is 0.355. The first-order chi connectivity index (χ1) is 17.3. The predicted octanol–water partition coefficient (Wildman–Crippen LogP) is 6.33. The number of fused-ring (bicyclic) bond motifs is 1. The minimum absolute atomic E-state index is 0.157. The monoisotopic (exact) mass is 460 g/mol. The fraction of sp³-hybridized carbons (Fsp3) is 0.281. The van der Waals surface area contributed by atoms with E-state index in [0.29, 0.717) is 17.9 Å². The van der Waals surface area contributed by atoms with Crippen molar-refractivity contribution in [2.24, 2.45) is 0 Å². The number of hydrogen-bond acceptors (Lipinski definition) is 2. The topological polar surface area (TPSA) is 23.6 Å². The molecule has 2 heterocycles. The van der Waals surface area contributed by atoms with E-state index in [2.05, 4.69) is 88.7 Å². The van der Waals surface area contributed by atoms with Gasteiger partial charge < -0.3 is 4.90 Å². The van der Waals surface area contributed by atoms with Gasteiger partial charge in [-0.2, -0.15) is 0 Å². The van der Waals surface area contributed by atoms with Gasteiger partial charge in [0, 0.05) is 30.6 Å². The first-order valence-electron chi connectivity index (χ1n) is 12.9. The lowest BCUT2D eigenvalue weighted by molar-refractivity contribution is 0.0771. The van der Waals surface area contributed by atoms with Gasteiger partial charge in [-0.3, -0.25) is 9.69 Å². The van der Waals surface area contributed by atoms with E-state index in [-0.39, 0.29) is 5.91 Å². The van der Waals surface area contributed by atoms with Crippen LogP contribution in [0.3, 0.4) is 0 Å². The molecule has 35 heavy (non-hydrogen) atoms. The van der Waals surface area contributed by atoms with Crippen LogP contribution in [0, 0.1) is 0 Å². The van der Waals surface area contributed by atoms with Crippen LogP contribution in [0.15, 0.2) is 103 Å². The molecule has 0 unspecified atom stereocenters. The van der Waals surface area contributed by atoms with Crippen LogP contribution in [0.4, 0.5) is 0 Å². The Balaban J connectivity index is 1.25. The lowest BCUT2D eigenvalue weighted by atomic mass is 9.87. The highest BCUT2D eigenvalue weighted by atomic mass is 16.2. The van der Waals surface area contributed by atoms with Gasteiger partial charge in [0.25, 0.3) is 5.91 Å². The molecule has 2 aliphatic heterocycles. The number of amides is 1. The Morgan fingerprint density at radius 3 is 2.03 bits per heavy atom. The highest BCUT2D eigenvalue weighted by Gasteiger charge is 2.41. The van der Waals surface area contributed by atoms with Crippen LogP contribution < -0.4 is 0 Å². The SMILES string of the molecule is O=C(c1cccc2ccccc12)N1C[C@H](c2ccccc2)[C@@H](N2CCC(c3ccccc3)CC2)C1. The zero-order valence-corrected chi connectivity index (χ0v) is 20.1. The Morgan fingerprint density at radius 2 is 1.29 bits per heavy atom. The van der Waals surface area contributed by atoms with Gasteiger partial charge in [0.15, 0.2) is 0 Å². The second-order valence-corrected chi connectivity index (χ2v) is 10.0. The Bertz CT molecular complexity index is 1290. The fourth-order valence-electron chi connectivity index (χ4n) is 6.22. The Labute approximate surface area is 208 Å². The molecular formula is C32H32N2O. The van der Waals surface area contributed by atoms with Gasteiger partial charge in [-0.25, -0.2) is 0 Å². The second-order valence-electron chi connectivity index (χ2n) is 10.0. The summed E-state index contributed by atoms with van der Waals surface area (Å²) >= 11 is 0. The molecule has 3 nitrogen and oxygen atoms in total. The molecular weight excluding hydrogens is 428 g/mol. The molecule has 176 valence electrons. The molecule has 0 N–H and O–H groups in total. The number of likely N-dealkylation sites (tertiary alicyclic amines) is 2. The normalized spacial score (nSPS) is 21.4.